The minimum Gasteiger partial charge on any atom is -0.366 e. The summed E-state index contributed by atoms with van der Waals surface area (Å²) in [6.45, 7) is 0. The van der Waals surface area contributed by atoms with Gasteiger partial charge in [-0.15, -0.1) is 0 Å². The van der Waals surface area contributed by atoms with Gasteiger partial charge in [0.25, 0.3) is 5.69 Å². The summed E-state index contributed by atoms with van der Waals surface area (Å²) in [4.78, 5) is 14.6. The van der Waals surface area contributed by atoms with E-state index in [1.165, 1.54) is 24.4 Å². The van der Waals surface area contributed by atoms with Gasteiger partial charge in [0, 0.05) is 25.5 Å². The maximum Gasteiger partial charge on any atom is 0.416 e. The van der Waals surface area contributed by atoms with E-state index in [0.717, 1.165) is 12.1 Å². The molecule has 3 aromatic rings. The molecule has 6 nitrogen and oxygen atoms in total. The zero-order valence-corrected chi connectivity index (χ0v) is 14.4. The highest BCUT2D eigenvalue weighted by atomic mass is 19.4. The van der Waals surface area contributed by atoms with Gasteiger partial charge in [0.15, 0.2) is 0 Å². The Morgan fingerprint density at radius 2 is 1.96 bits per heavy atom. The Balaban J connectivity index is 2.09. The number of imidazole rings is 1. The van der Waals surface area contributed by atoms with E-state index in [1.807, 2.05) is 0 Å². The quantitative estimate of drug-likeness (QED) is 0.387. The molecule has 1 N–H and O–H groups in total. The molecule has 2 aromatic carbocycles. The Kier molecular flexibility index (Phi) is 5.04. The standard InChI is InChI=1S/C18H14F4N4O2/c1-25-8-7-23-17(25)16(11-3-2-4-13(19)9-11)24-14-6-5-12(18(20,21)22)10-15(14)26(27)28/h2-10,16,24H,1H3/t16-/m1/s1. The highest BCUT2D eigenvalue weighted by Gasteiger charge is 2.33. The first kappa shape index (κ1) is 19.3. The number of nitrogens with zero attached hydrogens (tertiary/aromatic N) is 3. The Hall–Kier alpha value is -3.43. The molecule has 0 bridgehead atoms. The third-order valence-electron chi connectivity index (χ3n) is 4.12. The molecule has 1 heterocycles. The van der Waals surface area contributed by atoms with Crippen molar-refractivity contribution in [2.75, 3.05) is 5.32 Å². The molecule has 0 amide bonds. The summed E-state index contributed by atoms with van der Waals surface area (Å²) < 4.78 is 54.1. The van der Waals surface area contributed by atoms with Crippen molar-refractivity contribution >= 4 is 11.4 Å². The van der Waals surface area contributed by atoms with E-state index >= 15 is 0 Å². The smallest absolute Gasteiger partial charge is 0.366 e. The van der Waals surface area contributed by atoms with Crippen molar-refractivity contribution in [2.45, 2.75) is 12.2 Å². The molecule has 0 fully saturated rings. The lowest BCUT2D eigenvalue weighted by molar-refractivity contribution is -0.384. The number of rotatable bonds is 5. The lowest BCUT2D eigenvalue weighted by Gasteiger charge is -2.21. The van der Waals surface area contributed by atoms with Crippen LogP contribution in [0.2, 0.25) is 0 Å². The van der Waals surface area contributed by atoms with E-state index in [4.69, 9.17) is 0 Å². The molecule has 0 aliphatic rings. The van der Waals surface area contributed by atoms with Gasteiger partial charge in [-0.25, -0.2) is 9.37 Å². The monoisotopic (exact) mass is 394 g/mol. The Morgan fingerprint density at radius 1 is 1.21 bits per heavy atom. The zero-order chi connectivity index (χ0) is 20.5. The summed E-state index contributed by atoms with van der Waals surface area (Å²) in [6.07, 6.45) is -1.60. The highest BCUT2D eigenvalue weighted by Crippen LogP contribution is 2.37. The Bertz CT molecular complexity index is 1020. The number of hydrogen-bond donors (Lipinski definition) is 1. The second-order valence-corrected chi connectivity index (χ2v) is 6.02. The molecule has 0 unspecified atom stereocenters. The van der Waals surface area contributed by atoms with Crippen LogP contribution in [-0.2, 0) is 13.2 Å². The minimum absolute atomic E-state index is 0.143. The van der Waals surface area contributed by atoms with Crippen LogP contribution in [0.3, 0.4) is 0 Å². The zero-order valence-electron chi connectivity index (χ0n) is 14.4. The molecular formula is C18H14F4N4O2. The van der Waals surface area contributed by atoms with Crippen molar-refractivity contribution in [3.63, 3.8) is 0 Å². The van der Waals surface area contributed by atoms with E-state index in [2.05, 4.69) is 10.3 Å². The summed E-state index contributed by atoms with van der Waals surface area (Å²) in [5.41, 5.74) is -1.62. The van der Waals surface area contributed by atoms with Crippen LogP contribution in [0.1, 0.15) is 23.0 Å². The van der Waals surface area contributed by atoms with Gasteiger partial charge >= 0.3 is 6.18 Å². The largest absolute Gasteiger partial charge is 0.416 e. The molecule has 0 saturated carbocycles. The van der Waals surface area contributed by atoms with E-state index in [-0.39, 0.29) is 5.69 Å². The van der Waals surface area contributed by atoms with Crippen molar-refractivity contribution < 1.29 is 22.5 Å². The maximum atomic E-state index is 13.7. The van der Waals surface area contributed by atoms with E-state index in [9.17, 15) is 27.7 Å². The van der Waals surface area contributed by atoms with Crippen LogP contribution in [-0.4, -0.2) is 14.5 Å². The summed E-state index contributed by atoms with van der Waals surface area (Å²) in [5.74, 6) is -0.125. The molecule has 3 rings (SSSR count). The number of halogens is 4. The van der Waals surface area contributed by atoms with Crippen molar-refractivity contribution in [1.29, 1.82) is 0 Å². The predicted octanol–water partition coefficient (Wildman–Crippen LogP) is 4.69. The number of nitro groups is 1. The molecule has 0 spiro atoms. The predicted molar refractivity (Wildman–Crippen MR) is 93.2 cm³/mol. The van der Waals surface area contributed by atoms with Gasteiger partial charge in [0.1, 0.15) is 23.4 Å². The minimum atomic E-state index is -4.72. The Morgan fingerprint density at radius 3 is 2.54 bits per heavy atom. The lowest BCUT2D eigenvalue weighted by atomic mass is 10.0. The molecule has 0 radical (unpaired) electrons. The molecular weight excluding hydrogens is 380 g/mol. The number of aromatic nitrogens is 2. The average Bonchev–Trinajstić information content (AvgIpc) is 3.04. The average molecular weight is 394 g/mol. The first-order valence-electron chi connectivity index (χ1n) is 8.01. The molecule has 1 aromatic heterocycles. The topological polar surface area (TPSA) is 73.0 Å². The second-order valence-electron chi connectivity index (χ2n) is 6.02. The van der Waals surface area contributed by atoms with Crippen LogP contribution in [0.4, 0.5) is 28.9 Å². The third-order valence-corrected chi connectivity index (χ3v) is 4.12. The number of aryl methyl sites for hydroxylation is 1. The number of benzene rings is 2. The highest BCUT2D eigenvalue weighted by molar-refractivity contribution is 5.64. The molecule has 0 saturated heterocycles. The molecule has 0 aliphatic heterocycles. The van der Waals surface area contributed by atoms with Gasteiger partial charge in [0.2, 0.25) is 0 Å². The number of hydrogen-bond acceptors (Lipinski definition) is 4. The fourth-order valence-corrected chi connectivity index (χ4v) is 2.77. The normalized spacial score (nSPS) is 12.6. The fraction of sp³-hybridized carbons (Fsp3) is 0.167. The van der Waals surface area contributed by atoms with Gasteiger partial charge in [-0.3, -0.25) is 10.1 Å². The summed E-state index contributed by atoms with van der Waals surface area (Å²) in [5, 5.41) is 14.2. The van der Waals surface area contributed by atoms with Crippen molar-refractivity contribution in [1.82, 2.24) is 9.55 Å². The molecule has 0 aliphatic carbocycles. The van der Waals surface area contributed by atoms with Gasteiger partial charge < -0.3 is 9.88 Å². The molecule has 1 atom stereocenters. The number of nitro benzene ring substituents is 1. The van der Waals surface area contributed by atoms with Crippen LogP contribution in [0, 0.1) is 15.9 Å². The van der Waals surface area contributed by atoms with Crippen molar-refractivity contribution in [3.8, 4) is 0 Å². The molecule has 146 valence electrons. The first-order valence-corrected chi connectivity index (χ1v) is 8.01. The van der Waals surface area contributed by atoms with Crippen LogP contribution in [0.15, 0.2) is 54.9 Å². The molecule has 28 heavy (non-hydrogen) atoms. The van der Waals surface area contributed by atoms with Gasteiger partial charge in [-0.2, -0.15) is 13.2 Å². The summed E-state index contributed by atoms with van der Waals surface area (Å²) >= 11 is 0. The van der Waals surface area contributed by atoms with Crippen LogP contribution >= 0.6 is 0 Å². The SMILES string of the molecule is Cn1ccnc1[C@H](Nc1ccc(C(F)(F)F)cc1[N+](=O)[O-])c1cccc(F)c1. The van der Waals surface area contributed by atoms with Crippen molar-refractivity contribution in [2.24, 2.45) is 7.05 Å². The first-order chi connectivity index (χ1) is 13.2. The number of anilines is 1. The third kappa shape index (κ3) is 3.95. The fourth-order valence-electron chi connectivity index (χ4n) is 2.77. The van der Waals surface area contributed by atoms with Crippen LogP contribution in [0.5, 0.6) is 0 Å². The van der Waals surface area contributed by atoms with Crippen LogP contribution in [0.25, 0.3) is 0 Å². The molecule has 10 heteroatoms. The second kappa shape index (κ2) is 7.29. The summed E-state index contributed by atoms with van der Waals surface area (Å²) in [6, 6.07) is 6.87. The van der Waals surface area contributed by atoms with E-state index in [0.29, 0.717) is 17.5 Å². The van der Waals surface area contributed by atoms with E-state index < -0.39 is 34.2 Å². The van der Waals surface area contributed by atoms with Gasteiger partial charge in [-0.05, 0) is 29.8 Å². The summed E-state index contributed by atoms with van der Waals surface area (Å²) in [7, 11) is 1.68. The van der Waals surface area contributed by atoms with Crippen LogP contribution < -0.4 is 5.32 Å². The number of nitrogens with one attached hydrogen (secondary N) is 1. The van der Waals surface area contributed by atoms with Gasteiger partial charge in [0.05, 0.1) is 10.5 Å². The maximum absolute atomic E-state index is 13.7. The van der Waals surface area contributed by atoms with Crippen molar-refractivity contribution in [3.05, 3.63) is 87.7 Å². The Labute approximate surface area is 156 Å². The lowest BCUT2D eigenvalue weighted by Crippen LogP contribution is -2.18. The van der Waals surface area contributed by atoms with Gasteiger partial charge in [-0.1, -0.05) is 12.1 Å². The van der Waals surface area contributed by atoms with E-state index in [1.54, 1.807) is 23.9 Å². The number of alkyl halides is 3.